The molecule has 2 aromatic rings. The van der Waals surface area contributed by atoms with E-state index < -0.39 is 0 Å². The molecule has 0 aliphatic carbocycles. The molecule has 0 bridgehead atoms. The number of carbonyl (C=O) groups excluding carboxylic acids is 1. The van der Waals surface area contributed by atoms with Crippen LogP contribution in [0.25, 0.3) is 0 Å². The lowest BCUT2D eigenvalue weighted by Gasteiger charge is -2.09. The largest absolute Gasteiger partial charge is 0.355 e. The summed E-state index contributed by atoms with van der Waals surface area (Å²) in [6.45, 7) is 4.01. The van der Waals surface area contributed by atoms with Crippen LogP contribution in [0.15, 0.2) is 48.5 Å². The molecule has 2 aromatic carbocycles. The van der Waals surface area contributed by atoms with Crippen LogP contribution in [-0.4, -0.2) is 5.91 Å². The molecule has 0 aliphatic rings. The summed E-state index contributed by atoms with van der Waals surface area (Å²) in [5.41, 5.74) is 2.28. The Balaban J connectivity index is 1.97. The third-order valence-corrected chi connectivity index (χ3v) is 2.88. The number of halogens is 1. The summed E-state index contributed by atoms with van der Waals surface area (Å²) in [5, 5.41) is 5.95. The zero-order valence-electron chi connectivity index (χ0n) is 12.2. The van der Waals surface area contributed by atoms with Crippen molar-refractivity contribution in [3.63, 3.8) is 0 Å². The number of carbonyl (C=O) groups is 1. The van der Waals surface area contributed by atoms with Gasteiger partial charge >= 0.3 is 0 Å². The van der Waals surface area contributed by atoms with Gasteiger partial charge in [-0.15, -0.1) is 0 Å². The molecule has 0 atom stereocenters. The predicted molar refractivity (Wildman–Crippen MR) is 84.2 cm³/mol. The topological polar surface area (TPSA) is 41.1 Å². The molecule has 0 saturated heterocycles. The van der Waals surface area contributed by atoms with Gasteiger partial charge in [0, 0.05) is 23.5 Å². The molecule has 3 nitrogen and oxygen atoms in total. The molecule has 0 heterocycles. The van der Waals surface area contributed by atoms with Gasteiger partial charge in [0.05, 0.1) is 0 Å². The van der Waals surface area contributed by atoms with Crippen LogP contribution < -0.4 is 10.6 Å². The fourth-order valence-electron chi connectivity index (χ4n) is 1.95. The lowest BCUT2D eigenvalue weighted by Crippen LogP contribution is -2.13. The summed E-state index contributed by atoms with van der Waals surface area (Å²) >= 11 is 0. The van der Waals surface area contributed by atoms with Crippen molar-refractivity contribution in [1.29, 1.82) is 0 Å². The Labute approximate surface area is 124 Å². The van der Waals surface area contributed by atoms with Crippen molar-refractivity contribution in [2.24, 2.45) is 5.92 Å². The minimum Gasteiger partial charge on any atom is -0.355 e. The molecule has 21 heavy (non-hydrogen) atoms. The lowest BCUT2D eigenvalue weighted by molar-refractivity contribution is -0.116. The van der Waals surface area contributed by atoms with Crippen molar-refractivity contribution in [2.75, 3.05) is 10.6 Å². The summed E-state index contributed by atoms with van der Waals surface area (Å²) in [7, 11) is 0. The van der Waals surface area contributed by atoms with Gasteiger partial charge in [-0.1, -0.05) is 19.9 Å². The van der Waals surface area contributed by atoms with Gasteiger partial charge in [0.1, 0.15) is 5.82 Å². The molecule has 110 valence electrons. The highest BCUT2D eigenvalue weighted by Gasteiger charge is 2.05. The van der Waals surface area contributed by atoms with Crippen LogP contribution in [0.1, 0.15) is 20.3 Å². The maximum Gasteiger partial charge on any atom is 0.224 e. The number of nitrogens with one attached hydrogen (secondary N) is 2. The molecule has 2 rings (SSSR count). The molecular weight excluding hydrogens is 267 g/mol. The fourth-order valence-corrected chi connectivity index (χ4v) is 1.95. The number of hydrogen-bond acceptors (Lipinski definition) is 2. The molecule has 0 spiro atoms. The first-order chi connectivity index (χ1) is 10.0. The Kier molecular flexibility index (Phi) is 4.93. The Morgan fingerprint density at radius 2 is 1.71 bits per heavy atom. The standard InChI is InChI=1S/C17H19FN2O/c1-12(2)10-17(21)20-15-8-6-14(7-9-15)19-16-5-3-4-13(18)11-16/h3-9,11-12,19H,10H2,1-2H3,(H,20,21). The summed E-state index contributed by atoms with van der Waals surface area (Å²) in [5.74, 6) is 0.0623. The quantitative estimate of drug-likeness (QED) is 0.846. The van der Waals surface area contributed by atoms with E-state index in [1.165, 1.54) is 12.1 Å². The van der Waals surface area contributed by atoms with E-state index in [4.69, 9.17) is 0 Å². The zero-order chi connectivity index (χ0) is 15.2. The van der Waals surface area contributed by atoms with E-state index in [-0.39, 0.29) is 11.7 Å². The molecule has 0 aromatic heterocycles. The van der Waals surface area contributed by atoms with Crippen molar-refractivity contribution in [2.45, 2.75) is 20.3 Å². The first-order valence-electron chi connectivity index (χ1n) is 6.95. The SMILES string of the molecule is CC(C)CC(=O)Nc1ccc(Nc2cccc(F)c2)cc1. The third-order valence-electron chi connectivity index (χ3n) is 2.88. The van der Waals surface area contributed by atoms with Gasteiger partial charge < -0.3 is 10.6 Å². The first kappa shape index (κ1) is 15.0. The maximum atomic E-state index is 13.1. The third kappa shape index (κ3) is 4.91. The molecular formula is C17H19FN2O. The highest BCUT2D eigenvalue weighted by Crippen LogP contribution is 2.19. The number of anilines is 3. The first-order valence-corrected chi connectivity index (χ1v) is 6.95. The van der Waals surface area contributed by atoms with Gasteiger partial charge in [-0.05, 0) is 48.4 Å². The summed E-state index contributed by atoms with van der Waals surface area (Å²) in [6, 6.07) is 13.6. The fraction of sp³-hybridized carbons (Fsp3) is 0.235. The Hall–Kier alpha value is -2.36. The molecule has 1 amide bonds. The monoisotopic (exact) mass is 286 g/mol. The second-order valence-corrected chi connectivity index (χ2v) is 5.36. The van der Waals surface area contributed by atoms with Gasteiger partial charge in [0.25, 0.3) is 0 Å². The number of rotatable bonds is 5. The summed E-state index contributed by atoms with van der Waals surface area (Å²) < 4.78 is 13.1. The van der Waals surface area contributed by atoms with Crippen molar-refractivity contribution in [1.82, 2.24) is 0 Å². The minimum absolute atomic E-state index is 0.0100. The van der Waals surface area contributed by atoms with Crippen LogP contribution in [0.5, 0.6) is 0 Å². The highest BCUT2D eigenvalue weighted by molar-refractivity contribution is 5.91. The van der Waals surface area contributed by atoms with E-state index in [1.807, 2.05) is 38.1 Å². The normalized spacial score (nSPS) is 10.5. The Bertz CT molecular complexity index is 608. The van der Waals surface area contributed by atoms with E-state index in [0.717, 1.165) is 11.4 Å². The molecule has 2 N–H and O–H groups in total. The number of amides is 1. The maximum absolute atomic E-state index is 13.1. The molecule has 0 unspecified atom stereocenters. The summed E-state index contributed by atoms with van der Waals surface area (Å²) in [4.78, 5) is 11.7. The molecule has 4 heteroatoms. The average molecular weight is 286 g/mol. The van der Waals surface area contributed by atoms with Crippen LogP contribution in [0, 0.1) is 11.7 Å². The molecule has 0 aliphatic heterocycles. The molecule has 0 radical (unpaired) electrons. The zero-order valence-corrected chi connectivity index (χ0v) is 12.2. The smallest absolute Gasteiger partial charge is 0.224 e. The highest BCUT2D eigenvalue weighted by atomic mass is 19.1. The van der Waals surface area contributed by atoms with Gasteiger partial charge in [-0.25, -0.2) is 4.39 Å². The van der Waals surface area contributed by atoms with Crippen molar-refractivity contribution in [3.05, 3.63) is 54.3 Å². The van der Waals surface area contributed by atoms with Crippen LogP contribution in [0.4, 0.5) is 21.5 Å². The van der Waals surface area contributed by atoms with Crippen LogP contribution in [0.3, 0.4) is 0 Å². The van der Waals surface area contributed by atoms with Crippen LogP contribution in [-0.2, 0) is 4.79 Å². The van der Waals surface area contributed by atoms with E-state index >= 15 is 0 Å². The Morgan fingerprint density at radius 3 is 2.33 bits per heavy atom. The lowest BCUT2D eigenvalue weighted by atomic mass is 10.1. The van der Waals surface area contributed by atoms with Crippen LogP contribution in [0.2, 0.25) is 0 Å². The van der Waals surface area contributed by atoms with Gasteiger partial charge in [0.15, 0.2) is 0 Å². The van der Waals surface area contributed by atoms with Gasteiger partial charge in [0.2, 0.25) is 5.91 Å². The number of benzene rings is 2. The second kappa shape index (κ2) is 6.88. The molecule has 0 saturated carbocycles. The predicted octanol–water partition coefficient (Wildman–Crippen LogP) is 4.55. The second-order valence-electron chi connectivity index (χ2n) is 5.36. The number of hydrogen-bond donors (Lipinski definition) is 2. The van der Waals surface area contributed by atoms with E-state index in [2.05, 4.69) is 10.6 Å². The van der Waals surface area contributed by atoms with Crippen LogP contribution >= 0.6 is 0 Å². The average Bonchev–Trinajstić information content (AvgIpc) is 2.40. The minimum atomic E-state index is -0.280. The molecule has 0 fully saturated rings. The van der Waals surface area contributed by atoms with Crippen molar-refractivity contribution in [3.8, 4) is 0 Å². The van der Waals surface area contributed by atoms with E-state index in [1.54, 1.807) is 12.1 Å². The van der Waals surface area contributed by atoms with Gasteiger partial charge in [-0.3, -0.25) is 4.79 Å². The van der Waals surface area contributed by atoms with Crippen molar-refractivity contribution >= 4 is 23.0 Å². The summed E-state index contributed by atoms with van der Waals surface area (Å²) in [6.07, 6.45) is 0.503. The Morgan fingerprint density at radius 1 is 1.05 bits per heavy atom. The van der Waals surface area contributed by atoms with Crippen molar-refractivity contribution < 1.29 is 9.18 Å². The van der Waals surface area contributed by atoms with Gasteiger partial charge in [-0.2, -0.15) is 0 Å². The van der Waals surface area contributed by atoms with E-state index in [9.17, 15) is 9.18 Å². The van der Waals surface area contributed by atoms with E-state index in [0.29, 0.717) is 18.0 Å².